The molecule has 0 aliphatic heterocycles. The molecule has 0 saturated carbocycles. The number of benzene rings is 4. The SMILES string of the molecule is CC(C)(C)[Si](OCCCCCC/C=C\CCCCN)(c1ccccc1)c1ccccc1.CCCCCC(=O)C(=O)NCCCC/C=C\CCCCCCO[Si](c1ccccc1)(c1ccccc1)C(C)(C)C. The van der Waals surface area contributed by atoms with E-state index in [4.69, 9.17) is 14.6 Å². The minimum absolute atomic E-state index is 0.0256. The first kappa shape index (κ1) is 61.1. The second-order valence-corrected chi connectivity index (χ2v) is 29.9. The zero-order valence-corrected chi connectivity index (χ0v) is 47.5. The molecule has 0 unspecified atom stereocenters. The van der Waals surface area contributed by atoms with Gasteiger partial charge in [-0.3, -0.25) is 9.59 Å². The standard InChI is InChI=1S/C35H53NO3Si.C28H43NOSi/c1-5-6-17-28-33(37)34(38)36-29-22-13-11-9-7-8-10-12-14-23-30-39-40(35(2,3)4,31-24-18-15-19-25-31)32-26-20-16-21-27-32;1-28(2,3)31(26-20-14-12-15-21-26,27-22-16-13-17-23-27)30-25-19-11-9-7-5-4-6-8-10-18-24-29/h7,9,15-16,18-21,24-27H,5-6,8,10-14,17,22-23,28-30H2,1-4H3,(H,36,38);4,6,12-17,20-23H,5,7-11,18-19,24-25,29H2,1-3H3/b9-7-;6-4-. The lowest BCUT2D eigenvalue weighted by Crippen LogP contribution is -2.66. The van der Waals surface area contributed by atoms with E-state index in [0.717, 1.165) is 84.0 Å². The van der Waals surface area contributed by atoms with Crippen LogP contribution in [-0.4, -0.2) is 54.6 Å². The van der Waals surface area contributed by atoms with E-state index < -0.39 is 22.5 Å². The van der Waals surface area contributed by atoms with Gasteiger partial charge in [-0.15, -0.1) is 0 Å². The predicted octanol–water partition coefficient (Wildman–Crippen LogP) is 13.7. The van der Waals surface area contributed by atoms with Crippen LogP contribution in [0.25, 0.3) is 0 Å². The summed E-state index contributed by atoms with van der Waals surface area (Å²) in [5.74, 6) is -0.688. The van der Waals surface area contributed by atoms with Gasteiger partial charge in [0.25, 0.3) is 22.5 Å². The molecule has 0 heterocycles. The number of carbonyl (C=O) groups is 2. The van der Waals surface area contributed by atoms with E-state index in [-0.39, 0.29) is 15.9 Å². The Morgan fingerprint density at radius 2 is 0.803 bits per heavy atom. The van der Waals surface area contributed by atoms with Crippen LogP contribution in [0.1, 0.15) is 177 Å². The molecule has 0 aliphatic rings. The van der Waals surface area contributed by atoms with Crippen LogP contribution in [0.5, 0.6) is 0 Å². The Labute approximate surface area is 435 Å². The van der Waals surface area contributed by atoms with Crippen molar-refractivity contribution in [3.05, 3.63) is 146 Å². The summed E-state index contributed by atoms with van der Waals surface area (Å²) in [6.07, 6.45) is 30.8. The van der Waals surface area contributed by atoms with Gasteiger partial charge >= 0.3 is 0 Å². The molecule has 8 heteroatoms. The van der Waals surface area contributed by atoms with Gasteiger partial charge in [0, 0.05) is 26.2 Å². The molecular formula is C63H96N2O4Si2. The summed E-state index contributed by atoms with van der Waals surface area (Å²) in [7, 11) is -4.79. The molecule has 71 heavy (non-hydrogen) atoms. The third kappa shape index (κ3) is 21.4. The van der Waals surface area contributed by atoms with E-state index in [1.54, 1.807) is 0 Å². The van der Waals surface area contributed by atoms with Crippen molar-refractivity contribution in [2.24, 2.45) is 5.73 Å². The molecule has 390 valence electrons. The number of unbranched alkanes of at least 4 members (excludes halogenated alkanes) is 14. The molecule has 0 saturated heterocycles. The monoisotopic (exact) mass is 1000 g/mol. The van der Waals surface area contributed by atoms with Crippen LogP contribution in [0.3, 0.4) is 0 Å². The molecule has 0 fully saturated rings. The van der Waals surface area contributed by atoms with Crippen LogP contribution in [0.15, 0.2) is 146 Å². The van der Waals surface area contributed by atoms with Crippen LogP contribution in [0.4, 0.5) is 0 Å². The van der Waals surface area contributed by atoms with E-state index in [1.165, 1.54) is 78.5 Å². The van der Waals surface area contributed by atoms with Crippen molar-refractivity contribution in [2.45, 2.75) is 187 Å². The smallest absolute Gasteiger partial charge is 0.287 e. The number of Topliss-reactive ketones (excluding diaryl/α,β-unsaturated/α-hetero) is 1. The highest BCUT2D eigenvalue weighted by Gasteiger charge is 2.51. The van der Waals surface area contributed by atoms with E-state index in [0.29, 0.717) is 13.0 Å². The Morgan fingerprint density at radius 3 is 1.14 bits per heavy atom. The van der Waals surface area contributed by atoms with Gasteiger partial charge in [-0.2, -0.15) is 0 Å². The van der Waals surface area contributed by atoms with Gasteiger partial charge in [0.2, 0.25) is 5.78 Å². The summed E-state index contributed by atoms with van der Waals surface area (Å²) >= 11 is 0. The highest BCUT2D eigenvalue weighted by Crippen LogP contribution is 2.38. The average Bonchev–Trinajstić information content (AvgIpc) is 3.37. The van der Waals surface area contributed by atoms with Crippen LogP contribution in [0, 0.1) is 0 Å². The minimum atomic E-state index is -2.42. The topological polar surface area (TPSA) is 90.7 Å². The number of allylic oxidation sites excluding steroid dienone is 4. The summed E-state index contributed by atoms with van der Waals surface area (Å²) < 4.78 is 14.0. The Kier molecular flexibility index (Phi) is 30.2. The Morgan fingerprint density at radius 1 is 0.465 bits per heavy atom. The van der Waals surface area contributed by atoms with Crippen molar-refractivity contribution in [3.63, 3.8) is 0 Å². The second-order valence-electron chi connectivity index (χ2n) is 21.3. The van der Waals surface area contributed by atoms with Gasteiger partial charge in [-0.1, -0.05) is 233 Å². The zero-order chi connectivity index (χ0) is 51.5. The molecule has 0 atom stereocenters. The molecule has 4 rings (SSSR count). The fraction of sp³-hybridized carbons (Fsp3) is 0.524. The number of amides is 1. The molecule has 0 aromatic heterocycles. The third-order valence-corrected chi connectivity index (χ3v) is 23.6. The van der Waals surface area contributed by atoms with Crippen molar-refractivity contribution in [2.75, 3.05) is 26.3 Å². The van der Waals surface area contributed by atoms with Gasteiger partial charge in [-0.25, -0.2) is 0 Å². The van der Waals surface area contributed by atoms with Gasteiger partial charge in [-0.05, 0) is 121 Å². The first-order valence-electron chi connectivity index (χ1n) is 27.7. The maximum atomic E-state index is 11.8. The Balaban J connectivity index is 0.000000387. The van der Waals surface area contributed by atoms with E-state index >= 15 is 0 Å². The second kappa shape index (κ2) is 35.1. The molecule has 0 spiro atoms. The van der Waals surface area contributed by atoms with E-state index in [2.05, 4.69) is 199 Å². The summed E-state index contributed by atoms with van der Waals surface area (Å²) in [4.78, 5) is 23.5. The lowest BCUT2D eigenvalue weighted by atomic mass is 10.1. The minimum Gasteiger partial charge on any atom is -0.407 e. The maximum absolute atomic E-state index is 11.8. The highest BCUT2D eigenvalue weighted by molar-refractivity contribution is 7.00. The number of ketones is 1. The number of rotatable bonds is 34. The van der Waals surface area contributed by atoms with Crippen LogP contribution in [0.2, 0.25) is 10.1 Å². The molecular weight excluding hydrogens is 905 g/mol. The predicted molar refractivity (Wildman–Crippen MR) is 311 cm³/mol. The number of carbonyl (C=O) groups excluding carboxylic acids is 2. The Hall–Kier alpha value is -4.19. The van der Waals surface area contributed by atoms with Crippen molar-refractivity contribution in [1.82, 2.24) is 5.32 Å². The van der Waals surface area contributed by atoms with Gasteiger partial charge in [0.15, 0.2) is 0 Å². The molecule has 6 nitrogen and oxygen atoms in total. The number of hydrogen-bond donors (Lipinski definition) is 2. The summed E-state index contributed by atoms with van der Waals surface area (Å²) in [6, 6.07) is 43.6. The quantitative estimate of drug-likeness (QED) is 0.0211. The normalized spacial score (nSPS) is 12.3. The maximum Gasteiger partial charge on any atom is 0.287 e. The van der Waals surface area contributed by atoms with Crippen molar-refractivity contribution in [1.29, 1.82) is 0 Å². The molecule has 4 aromatic carbocycles. The largest absolute Gasteiger partial charge is 0.407 e. The van der Waals surface area contributed by atoms with Crippen LogP contribution < -0.4 is 31.8 Å². The molecule has 1 amide bonds. The first-order chi connectivity index (χ1) is 34.3. The fourth-order valence-corrected chi connectivity index (χ4v) is 18.8. The number of nitrogens with two attached hydrogens (primary N) is 1. The van der Waals surface area contributed by atoms with Gasteiger partial charge in [0.1, 0.15) is 0 Å². The average molecular weight is 1000 g/mol. The summed E-state index contributed by atoms with van der Waals surface area (Å²) in [5.41, 5.74) is 5.53. The van der Waals surface area contributed by atoms with Crippen LogP contribution >= 0.6 is 0 Å². The third-order valence-electron chi connectivity index (χ3n) is 13.5. The molecule has 3 N–H and O–H groups in total. The lowest BCUT2D eigenvalue weighted by molar-refractivity contribution is -0.138. The van der Waals surface area contributed by atoms with Crippen molar-refractivity contribution in [3.8, 4) is 0 Å². The van der Waals surface area contributed by atoms with Crippen molar-refractivity contribution < 1.29 is 18.4 Å². The highest BCUT2D eigenvalue weighted by atomic mass is 28.4. The van der Waals surface area contributed by atoms with Crippen LogP contribution in [-0.2, 0) is 18.4 Å². The zero-order valence-electron chi connectivity index (χ0n) is 45.5. The lowest BCUT2D eigenvalue weighted by Gasteiger charge is -2.43. The molecule has 0 bridgehead atoms. The van der Waals surface area contributed by atoms with E-state index in [1.807, 2.05) is 0 Å². The van der Waals surface area contributed by atoms with Gasteiger partial charge in [0.05, 0.1) is 0 Å². The van der Waals surface area contributed by atoms with Gasteiger partial charge < -0.3 is 19.9 Å². The van der Waals surface area contributed by atoms with E-state index in [9.17, 15) is 9.59 Å². The molecule has 0 radical (unpaired) electrons. The Bertz CT molecular complexity index is 1950. The first-order valence-corrected chi connectivity index (χ1v) is 31.5. The number of hydrogen-bond acceptors (Lipinski definition) is 5. The summed E-state index contributed by atoms with van der Waals surface area (Å²) in [6.45, 7) is 19.2. The fourth-order valence-electron chi connectivity index (χ4n) is 9.62. The molecule has 4 aromatic rings. The van der Waals surface area contributed by atoms with Crippen molar-refractivity contribution >= 4 is 49.1 Å². The number of nitrogens with one attached hydrogen (secondary N) is 1. The molecule has 0 aliphatic carbocycles. The summed E-state index contributed by atoms with van der Waals surface area (Å²) in [5, 5.41) is 8.27.